The zero-order chi connectivity index (χ0) is 18.1. The van der Waals surface area contributed by atoms with Crippen molar-refractivity contribution in [2.24, 2.45) is 0 Å². The molecule has 136 valence electrons. The number of hydrogen-bond donors (Lipinski definition) is 0. The molecule has 2 aromatic carbocycles. The predicted octanol–water partition coefficient (Wildman–Crippen LogP) is 1.01. The van der Waals surface area contributed by atoms with Crippen LogP contribution in [0.4, 0.5) is 11.4 Å². The van der Waals surface area contributed by atoms with Gasteiger partial charge in [-0.3, -0.25) is 14.5 Å². The Labute approximate surface area is 179 Å². The molecule has 6 heteroatoms. The first-order valence-electron chi connectivity index (χ1n) is 8.32. The summed E-state index contributed by atoms with van der Waals surface area (Å²) in [5.74, 6) is -0.0580. The topological polar surface area (TPSA) is 41.3 Å². The van der Waals surface area contributed by atoms with Crippen LogP contribution in [0.2, 0.25) is 0 Å². The van der Waals surface area contributed by atoms with Gasteiger partial charge in [0.1, 0.15) is 0 Å². The third-order valence-electron chi connectivity index (χ3n) is 4.27. The van der Waals surface area contributed by atoms with Crippen molar-refractivity contribution in [1.29, 1.82) is 0 Å². The maximum atomic E-state index is 12.7. The number of aromatic nitrogens is 1. The number of anilines is 2. The number of carbonyl (C=O) groups excluding carboxylic acids is 2. The average molecular weight is 488 g/mol. The van der Waals surface area contributed by atoms with Crippen molar-refractivity contribution < 1.29 is 38.1 Å². The van der Waals surface area contributed by atoms with Gasteiger partial charge < -0.3 is 24.0 Å². The van der Waals surface area contributed by atoms with Crippen LogP contribution in [0, 0.1) is 0 Å². The lowest BCUT2D eigenvalue weighted by atomic mass is 10.1. The molecule has 4 rings (SSSR count). The molecule has 0 N–H and O–H groups in total. The largest absolute Gasteiger partial charge is 1.00 e. The summed E-state index contributed by atoms with van der Waals surface area (Å²) in [6.45, 7) is 1.81. The van der Waals surface area contributed by atoms with Crippen LogP contribution in [0.5, 0.6) is 0 Å². The monoisotopic (exact) mass is 488 g/mol. The number of para-hydroxylation sites is 1. The van der Waals surface area contributed by atoms with E-state index in [9.17, 15) is 9.59 Å². The van der Waals surface area contributed by atoms with E-state index in [0.717, 1.165) is 21.2 Å². The highest BCUT2D eigenvalue weighted by molar-refractivity contribution is 7.99. The number of rotatable bonds is 3. The lowest BCUT2D eigenvalue weighted by Gasteiger charge is -2.30. The predicted molar refractivity (Wildman–Crippen MR) is 101 cm³/mol. The molecule has 0 atom stereocenters. The normalized spacial score (nSPS) is 11.8. The second-order valence-corrected chi connectivity index (χ2v) is 7.16. The molecule has 0 spiro atoms. The lowest BCUT2D eigenvalue weighted by molar-refractivity contribution is -0.683. The number of pyridine rings is 1. The Morgan fingerprint density at radius 2 is 1.63 bits per heavy atom. The molecule has 27 heavy (non-hydrogen) atoms. The molecule has 0 unspecified atom stereocenters. The minimum atomic E-state index is -0.0685. The quantitative estimate of drug-likeness (QED) is 0.314. The molecule has 0 radical (unpaired) electrons. The van der Waals surface area contributed by atoms with E-state index >= 15 is 0 Å². The van der Waals surface area contributed by atoms with Crippen LogP contribution in [0.25, 0.3) is 0 Å². The number of hydrogen-bond acceptors (Lipinski definition) is 3. The summed E-state index contributed by atoms with van der Waals surface area (Å²) in [4.78, 5) is 28.7. The van der Waals surface area contributed by atoms with Gasteiger partial charge in [0, 0.05) is 34.4 Å². The highest BCUT2D eigenvalue weighted by atomic mass is 127. The smallest absolute Gasteiger partial charge is 0.228 e. The van der Waals surface area contributed by atoms with E-state index in [4.69, 9.17) is 0 Å². The fourth-order valence-electron chi connectivity index (χ4n) is 3.06. The van der Waals surface area contributed by atoms with Crippen LogP contribution in [0.3, 0.4) is 0 Å². The Hall–Kier alpha value is -2.19. The Morgan fingerprint density at radius 1 is 0.926 bits per heavy atom. The van der Waals surface area contributed by atoms with Crippen LogP contribution in [-0.2, 0) is 11.3 Å². The second-order valence-electron chi connectivity index (χ2n) is 6.08. The molecule has 1 aromatic heterocycles. The van der Waals surface area contributed by atoms with Crippen molar-refractivity contribution >= 4 is 34.8 Å². The maximum Gasteiger partial charge on any atom is 0.228 e. The molecule has 0 saturated carbocycles. The highest BCUT2D eigenvalue weighted by Gasteiger charge is 2.27. The van der Waals surface area contributed by atoms with Gasteiger partial charge in [0.05, 0.1) is 11.4 Å². The zero-order valence-corrected chi connectivity index (χ0v) is 17.6. The summed E-state index contributed by atoms with van der Waals surface area (Å²) in [5, 5.41) is 0. The number of benzene rings is 2. The van der Waals surface area contributed by atoms with Crippen LogP contribution in [-0.4, -0.2) is 11.7 Å². The van der Waals surface area contributed by atoms with Gasteiger partial charge >= 0.3 is 0 Å². The summed E-state index contributed by atoms with van der Waals surface area (Å²) < 4.78 is 1.84. The van der Waals surface area contributed by atoms with Gasteiger partial charge in [0.25, 0.3) is 0 Å². The second kappa shape index (κ2) is 8.22. The maximum absolute atomic E-state index is 12.7. The van der Waals surface area contributed by atoms with Gasteiger partial charge in [-0.2, -0.15) is 4.57 Å². The van der Waals surface area contributed by atoms with Crippen LogP contribution >= 0.6 is 11.8 Å². The lowest BCUT2D eigenvalue weighted by Crippen LogP contribution is -3.00. The Balaban J connectivity index is 0.00000210. The first-order chi connectivity index (χ1) is 12.6. The first kappa shape index (κ1) is 19.6. The van der Waals surface area contributed by atoms with E-state index in [1.807, 2.05) is 77.6 Å². The summed E-state index contributed by atoms with van der Waals surface area (Å²) in [7, 11) is 0. The molecule has 3 aromatic rings. The summed E-state index contributed by atoms with van der Waals surface area (Å²) >= 11 is 1.62. The first-order valence-corrected chi connectivity index (χ1v) is 9.14. The molecule has 2 heterocycles. The molecule has 1 aliphatic heterocycles. The average Bonchev–Trinajstić information content (AvgIpc) is 2.66. The minimum absolute atomic E-state index is 0. The Bertz CT molecular complexity index is 1010. The number of amides is 1. The van der Waals surface area contributed by atoms with E-state index in [-0.39, 0.29) is 42.2 Å². The van der Waals surface area contributed by atoms with Crippen molar-refractivity contribution in [3.63, 3.8) is 0 Å². The van der Waals surface area contributed by atoms with E-state index in [1.165, 1.54) is 0 Å². The molecule has 1 amide bonds. The van der Waals surface area contributed by atoms with Gasteiger partial charge in [-0.25, -0.2) is 0 Å². The highest BCUT2D eigenvalue weighted by Crippen LogP contribution is 2.48. The number of fused-ring (bicyclic) bond motifs is 2. The minimum Gasteiger partial charge on any atom is -1.00 e. The van der Waals surface area contributed by atoms with E-state index in [0.29, 0.717) is 5.56 Å². The zero-order valence-electron chi connectivity index (χ0n) is 14.6. The van der Waals surface area contributed by atoms with Crippen molar-refractivity contribution in [3.05, 3.63) is 78.6 Å². The Kier molecular flexibility index (Phi) is 5.96. The number of ketones is 1. The molecule has 4 nitrogen and oxygen atoms in total. The molecule has 1 aliphatic rings. The third kappa shape index (κ3) is 3.91. The van der Waals surface area contributed by atoms with Gasteiger partial charge in [0.2, 0.25) is 18.2 Å². The molecule has 0 bridgehead atoms. The Morgan fingerprint density at radius 3 is 2.37 bits per heavy atom. The van der Waals surface area contributed by atoms with Crippen molar-refractivity contribution in [1.82, 2.24) is 0 Å². The van der Waals surface area contributed by atoms with Gasteiger partial charge in [-0.1, -0.05) is 30.0 Å². The number of Topliss-reactive ketones (excluding diaryl/α,β-unsaturated/α-hetero) is 1. The van der Waals surface area contributed by atoms with Crippen LogP contribution in [0.15, 0.2) is 82.8 Å². The standard InChI is InChI=1S/C21H17N2O2S.HI/c1-15(24)23-17-7-3-4-8-20(17)26-21-10-9-16(13-18(21)23)19(25)14-22-11-5-2-6-12-22;/h2-13H,14H2,1H3;1H/q+1;/p-1. The fraction of sp³-hybridized carbons (Fsp3) is 0.0952. The van der Waals surface area contributed by atoms with Crippen LogP contribution < -0.4 is 33.4 Å². The fourth-order valence-corrected chi connectivity index (χ4v) is 4.10. The van der Waals surface area contributed by atoms with E-state index in [2.05, 4.69) is 0 Å². The molecule has 0 aliphatic carbocycles. The number of carbonyl (C=O) groups is 2. The molecule has 0 fully saturated rings. The molecule has 0 saturated heterocycles. The van der Waals surface area contributed by atoms with Gasteiger partial charge in [-0.15, -0.1) is 0 Å². The number of halogens is 1. The number of nitrogens with zero attached hydrogens (tertiary/aromatic N) is 2. The van der Waals surface area contributed by atoms with Crippen molar-refractivity contribution in [3.8, 4) is 0 Å². The van der Waals surface area contributed by atoms with Crippen molar-refractivity contribution in [2.75, 3.05) is 4.90 Å². The summed E-state index contributed by atoms with van der Waals surface area (Å²) in [6, 6.07) is 19.1. The summed E-state index contributed by atoms with van der Waals surface area (Å²) in [5.41, 5.74) is 2.23. The van der Waals surface area contributed by atoms with Crippen LogP contribution in [0.1, 0.15) is 17.3 Å². The SMILES string of the molecule is CC(=O)N1c2ccccc2Sc2ccc(C(=O)C[n+]3ccccc3)cc21.[I-]. The third-order valence-corrected chi connectivity index (χ3v) is 5.40. The van der Waals surface area contributed by atoms with Gasteiger partial charge in [-0.05, 0) is 30.3 Å². The summed E-state index contributed by atoms with van der Waals surface area (Å²) in [6.07, 6.45) is 3.73. The van der Waals surface area contributed by atoms with E-state index in [1.54, 1.807) is 23.6 Å². The molecular formula is C21H17IN2O2S. The van der Waals surface area contributed by atoms with Gasteiger partial charge in [0.15, 0.2) is 12.4 Å². The molecular weight excluding hydrogens is 471 g/mol. The van der Waals surface area contributed by atoms with Crippen molar-refractivity contribution in [2.45, 2.75) is 23.3 Å². The van der Waals surface area contributed by atoms with E-state index < -0.39 is 0 Å².